The van der Waals surface area contributed by atoms with E-state index < -0.39 is 93.9 Å². The van der Waals surface area contributed by atoms with Crippen molar-refractivity contribution in [2.24, 2.45) is 0 Å². The van der Waals surface area contributed by atoms with Gasteiger partial charge >= 0.3 is 25.7 Å². The van der Waals surface area contributed by atoms with Crippen molar-refractivity contribution in [1.29, 1.82) is 0 Å². The molecule has 0 bridgehead atoms. The molecule has 0 amide bonds. The van der Waals surface area contributed by atoms with Gasteiger partial charge in [0, 0.05) is 19.8 Å². The molecule has 3 unspecified atom stereocenters. The Labute approximate surface area is 434 Å². The van der Waals surface area contributed by atoms with E-state index in [-0.39, 0.29) is 39.6 Å². The van der Waals surface area contributed by atoms with Crippen LogP contribution in [0.4, 0.5) is 0 Å². The van der Waals surface area contributed by atoms with E-state index in [1.165, 1.54) is 0 Å². The van der Waals surface area contributed by atoms with Gasteiger partial charge < -0.3 is 69.5 Å². The molecule has 0 aromatic heterocycles. The lowest BCUT2D eigenvalue weighted by molar-refractivity contribution is 0.00527. The zero-order chi connectivity index (χ0) is 54.4. The Morgan fingerprint density at radius 2 is 0.449 bits per heavy atom. The zero-order valence-corrected chi connectivity index (χ0v) is 57.4. The van der Waals surface area contributed by atoms with Crippen molar-refractivity contribution >= 4 is 75.6 Å². The van der Waals surface area contributed by atoms with Crippen molar-refractivity contribution in [3.63, 3.8) is 0 Å². The fourth-order valence-electron chi connectivity index (χ4n) is 7.55. The molecule has 0 aliphatic rings. The Bertz CT molecular complexity index is 1190. The molecular formula is C45H114O15Si9. The lowest BCUT2D eigenvalue weighted by Gasteiger charge is -2.38. The number of unbranched alkanes of at least 4 members (excludes halogenated alkanes) is 6. The summed E-state index contributed by atoms with van der Waals surface area (Å²) >= 11 is 0. The van der Waals surface area contributed by atoms with Crippen LogP contribution < -0.4 is 0 Å². The minimum absolute atomic E-state index is 0.196. The highest BCUT2D eigenvalue weighted by molar-refractivity contribution is 6.89. The Morgan fingerprint density at radius 3 is 0.652 bits per heavy atom. The van der Waals surface area contributed by atoms with Crippen molar-refractivity contribution < 1.29 is 69.5 Å². The maximum Gasteiger partial charge on any atom is 0.314 e. The van der Waals surface area contributed by atoms with Crippen LogP contribution in [0.25, 0.3) is 0 Å². The van der Waals surface area contributed by atoms with Gasteiger partial charge in [-0.2, -0.15) is 0 Å². The summed E-state index contributed by atoms with van der Waals surface area (Å²) in [5.74, 6) is 0. The zero-order valence-electron chi connectivity index (χ0n) is 48.4. The van der Waals surface area contributed by atoms with E-state index in [0.717, 1.165) is 75.9 Å². The monoisotopic (exact) mass is 1150 g/mol. The van der Waals surface area contributed by atoms with Gasteiger partial charge in [-0.25, -0.2) is 0 Å². The highest BCUT2D eigenvalue weighted by atomic mass is 28.5. The first-order valence-corrected chi connectivity index (χ1v) is 53.9. The molecule has 0 saturated carbocycles. The largest absolute Gasteiger partial charge is 0.437 e. The molecule has 6 N–H and O–H groups in total. The highest BCUT2D eigenvalue weighted by Crippen LogP contribution is 2.29. The minimum atomic E-state index is -2.13. The predicted molar refractivity (Wildman–Crippen MR) is 309 cm³/mol. The SMILES string of the molecule is C[Si](C)(C)O[Si](C)(CCCCCCOCC(O)CO)O[Si](C)(C)C.C[Si](C)(C)O[Si](C)(CCCCCOCC(O)CO)O[Si](C)(C)C.C[Si](C)(C)O[Si](C)(CCCCOCC(O)CO)O[Si](C)(C)C. The molecule has 0 heterocycles. The average molecular weight is 1150 g/mol. The lowest BCUT2D eigenvalue weighted by Crippen LogP contribution is -2.52. The molecule has 15 nitrogen and oxygen atoms in total. The van der Waals surface area contributed by atoms with E-state index in [1.54, 1.807) is 0 Å². The second-order valence-electron chi connectivity index (χ2n) is 24.9. The first kappa shape index (κ1) is 74.6. The third kappa shape index (κ3) is 54.0. The second kappa shape index (κ2) is 36.4. The highest BCUT2D eigenvalue weighted by Gasteiger charge is 2.42. The summed E-state index contributed by atoms with van der Waals surface area (Å²) in [4.78, 5) is 0. The molecule has 3 atom stereocenters. The third-order valence-corrected chi connectivity index (χ3v) is 37.8. The first-order valence-electron chi connectivity index (χ1n) is 25.9. The fraction of sp³-hybridized carbons (Fsp3) is 1.00. The van der Waals surface area contributed by atoms with Crippen molar-refractivity contribution in [2.45, 2.75) is 232 Å². The van der Waals surface area contributed by atoms with Crippen LogP contribution in [0.3, 0.4) is 0 Å². The van der Waals surface area contributed by atoms with Crippen molar-refractivity contribution in [1.82, 2.24) is 0 Å². The normalized spacial score (nSPS) is 15.0. The molecule has 24 heteroatoms. The van der Waals surface area contributed by atoms with Gasteiger partial charge in [-0.05, 0) is 181 Å². The van der Waals surface area contributed by atoms with Gasteiger partial charge in [0.2, 0.25) is 0 Å². The number of aliphatic hydroxyl groups excluding tert-OH is 6. The number of rotatable bonds is 39. The summed E-state index contributed by atoms with van der Waals surface area (Å²) < 4.78 is 54.8. The number of hydrogen-bond acceptors (Lipinski definition) is 15. The van der Waals surface area contributed by atoms with Crippen LogP contribution in [0.15, 0.2) is 0 Å². The van der Waals surface area contributed by atoms with Gasteiger partial charge in [-0.1, -0.05) is 32.1 Å². The summed E-state index contributed by atoms with van der Waals surface area (Å²) in [5.41, 5.74) is 0. The van der Waals surface area contributed by atoms with Crippen molar-refractivity contribution in [2.75, 3.05) is 59.5 Å². The van der Waals surface area contributed by atoms with Crippen LogP contribution in [-0.4, -0.2) is 184 Å². The molecule has 0 aliphatic heterocycles. The van der Waals surface area contributed by atoms with E-state index in [1.807, 2.05) is 0 Å². The Balaban J connectivity index is -0.000000948. The van der Waals surface area contributed by atoms with Gasteiger partial charge in [0.15, 0.2) is 49.9 Å². The van der Waals surface area contributed by atoms with Crippen LogP contribution in [-0.2, 0) is 38.9 Å². The quantitative estimate of drug-likeness (QED) is 0.0250. The van der Waals surface area contributed by atoms with E-state index in [9.17, 15) is 15.3 Å². The van der Waals surface area contributed by atoms with E-state index in [0.29, 0.717) is 19.8 Å². The van der Waals surface area contributed by atoms with Crippen LogP contribution in [0.1, 0.15) is 57.8 Å². The minimum Gasteiger partial charge on any atom is -0.437 e. The van der Waals surface area contributed by atoms with Gasteiger partial charge in [-0.3, -0.25) is 0 Å². The molecule has 0 saturated heterocycles. The molecule has 0 spiro atoms. The van der Waals surface area contributed by atoms with E-state index in [2.05, 4.69) is 137 Å². The van der Waals surface area contributed by atoms with Gasteiger partial charge in [0.25, 0.3) is 0 Å². The predicted octanol–water partition coefficient (Wildman–Crippen LogP) is 9.90. The van der Waals surface area contributed by atoms with Crippen LogP contribution in [0, 0.1) is 0 Å². The summed E-state index contributed by atoms with van der Waals surface area (Å²) in [6.07, 6.45) is 7.14. The average Bonchev–Trinajstić information content (AvgIpc) is 3.12. The summed E-state index contributed by atoms with van der Waals surface area (Å²) in [6.45, 7) is 48.5. The third-order valence-electron chi connectivity index (χ3n) is 8.95. The van der Waals surface area contributed by atoms with Crippen LogP contribution >= 0.6 is 0 Å². The first-order chi connectivity index (χ1) is 31.1. The van der Waals surface area contributed by atoms with E-state index in [4.69, 9.17) is 54.2 Å². The van der Waals surface area contributed by atoms with E-state index >= 15 is 0 Å². The van der Waals surface area contributed by atoms with Crippen LogP contribution in [0.2, 0.25) is 156 Å². The van der Waals surface area contributed by atoms with Gasteiger partial charge in [0.1, 0.15) is 18.3 Å². The standard InChI is InChI=1S/C16H40O5Si3.C15H38O5Si3.C14H36O5Si3/c1-22(2,3)20-24(7,21-23(4,5)6)13-11-9-8-10-12-19-15-16(18)14-17;1-21(2,3)19-23(7,20-22(4,5)6)12-10-8-9-11-18-14-15(17)13-16;1-20(2,3)18-22(7,19-21(4,5)6)11-9-8-10-17-13-14(16)12-15/h16-18H,8-15H2,1-7H3;15-17H,8-14H2,1-7H3;14-16H,8-13H2,1-7H3. The van der Waals surface area contributed by atoms with Crippen molar-refractivity contribution in [3.8, 4) is 0 Å². The van der Waals surface area contributed by atoms with Crippen LogP contribution in [0.5, 0.6) is 0 Å². The molecule has 0 aromatic rings. The number of aliphatic hydroxyl groups is 6. The summed E-state index contributed by atoms with van der Waals surface area (Å²) in [7, 11) is -16.0. The second-order valence-corrected chi connectivity index (χ2v) is 63.4. The molecule has 0 aromatic carbocycles. The van der Waals surface area contributed by atoms with Crippen molar-refractivity contribution in [3.05, 3.63) is 0 Å². The molecule has 0 rings (SSSR count). The fourth-order valence-corrected chi connectivity index (χ4v) is 45.4. The maximum absolute atomic E-state index is 9.20. The lowest BCUT2D eigenvalue weighted by atomic mass is 10.2. The summed E-state index contributed by atoms with van der Waals surface area (Å²) in [5, 5.41) is 53.7. The Kier molecular flexibility index (Phi) is 39.3. The molecule has 0 aliphatic carbocycles. The number of ether oxygens (including phenoxy) is 3. The molecule has 420 valence electrons. The number of hydrogen-bond donors (Lipinski definition) is 6. The topological polar surface area (TPSA) is 204 Å². The maximum atomic E-state index is 9.20. The molecule has 0 fully saturated rings. The van der Waals surface area contributed by atoms with Gasteiger partial charge in [0.05, 0.1) is 39.6 Å². The Morgan fingerprint density at radius 1 is 0.275 bits per heavy atom. The summed E-state index contributed by atoms with van der Waals surface area (Å²) in [6, 6.07) is 3.07. The molecular weight excluding hydrogens is 1030 g/mol. The molecule has 0 radical (unpaired) electrons. The Hall–Kier alpha value is 1.35. The molecule has 69 heavy (non-hydrogen) atoms. The smallest absolute Gasteiger partial charge is 0.314 e. The van der Waals surface area contributed by atoms with Gasteiger partial charge in [-0.15, -0.1) is 0 Å².